The average molecular weight is 307 g/mol. The van der Waals surface area contributed by atoms with Crippen LogP contribution in [0.15, 0.2) is 24.3 Å². The van der Waals surface area contributed by atoms with Crippen LogP contribution in [0.3, 0.4) is 0 Å². The molecule has 21 heavy (non-hydrogen) atoms. The summed E-state index contributed by atoms with van der Waals surface area (Å²) in [5, 5.41) is 10.4. The third kappa shape index (κ3) is 3.93. The maximum absolute atomic E-state index is 10.9. The highest BCUT2D eigenvalue weighted by atomic mass is 35.5. The molecule has 4 nitrogen and oxygen atoms in total. The van der Waals surface area contributed by atoms with E-state index >= 15 is 0 Å². The zero-order valence-corrected chi connectivity index (χ0v) is 13.2. The normalized spacial score (nSPS) is 11.5. The Morgan fingerprint density at radius 2 is 2.10 bits per heavy atom. The Balaban J connectivity index is 2.34. The minimum absolute atomic E-state index is 0.0140. The van der Waals surface area contributed by atoms with E-state index in [-0.39, 0.29) is 12.6 Å². The molecule has 0 radical (unpaired) electrons. The van der Waals surface area contributed by atoms with E-state index in [0.29, 0.717) is 11.7 Å². The van der Waals surface area contributed by atoms with Crippen LogP contribution in [0.1, 0.15) is 25.0 Å². The predicted octanol–water partition coefficient (Wildman–Crippen LogP) is 3.49. The lowest BCUT2D eigenvalue weighted by atomic mass is 10.1. The SMILES string of the molecule is Cc1ccc2cc(CN(CC(=O)O)C(C)C)c(Cl)nc2c1. The van der Waals surface area contributed by atoms with Crippen molar-refractivity contribution in [2.24, 2.45) is 0 Å². The molecule has 2 rings (SSSR count). The van der Waals surface area contributed by atoms with Crippen molar-refractivity contribution < 1.29 is 9.90 Å². The summed E-state index contributed by atoms with van der Waals surface area (Å²) >= 11 is 6.26. The van der Waals surface area contributed by atoms with Gasteiger partial charge in [-0.05, 0) is 38.5 Å². The standard InChI is InChI=1S/C16H19ClN2O2/c1-10(2)19(9-15(20)21)8-13-7-12-5-4-11(3)6-14(12)18-16(13)17/h4-7,10H,8-9H2,1-3H3,(H,20,21). The van der Waals surface area contributed by atoms with Crippen LogP contribution < -0.4 is 0 Å². The first kappa shape index (κ1) is 15.7. The van der Waals surface area contributed by atoms with Gasteiger partial charge < -0.3 is 5.11 Å². The highest BCUT2D eigenvalue weighted by molar-refractivity contribution is 6.30. The fraction of sp³-hybridized carbons (Fsp3) is 0.375. The van der Waals surface area contributed by atoms with Crippen molar-refractivity contribution in [2.45, 2.75) is 33.4 Å². The molecule has 0 bridgehead atoms. The molecule has 1 aromatic carbocycles. The zero-order valence-electron chi connectivity index (χ0n) is 12.4. The van der Waals surface area contributed by atoms with Gasteiger partial charge in [0, 0.05) is 23.5 Å². The van der Waals surface area contributed by atoms with Crippen LogP contribution in [0.2, 0.25) is 5.15 Å². The van der Waals surface area contributed by atoms with E-state index in [9.17, 15) is 4.79 Å². The van der Waals surface area contributed by atoms with Crippen LogP contribution in [0.5, 0.6) is 0 Å². The number of aryl methyl sites for hydroxylation is 1. The van der Waals surface area contributed by atoms with Crippen molar-refractivity contribution in [1.82, 2.24) is 9.88 Å². The van der Waals surface area contributed by atoms with Crippen molar-refractivity contribution in [2.75, 3.05) is 6.54 Å². The molecule has 5 heteroatoms. The number of carboxylic acid groups (broad SMARTS) is 1. The second kappa shape index (κ2) is 6.41. The first-order chi connectivity index (χ1) is 9.86. The van der Waals surface area contributed by atoms with Gasteiger partial charge >= 0.3 is 5.97 Å². The minimum atomic E-state index is -0.843. The van der Waals surface area contributed by atoms with Gasteiger partial charge in [-0.3, -0.25) is 9.69 Å². The van der Waals surface area contributed by atoms with E-state index in [4.69, 9.17) is 16.7 Å². The Morgan fingerprint density at radius 1 is 1.38 bits per heavy atom. The molecule has 0 aliphatic heterocycles. The quantitative estimate of drug-likeness (QED) is 0.859. The van der Waals surface area contributed by atoms with Gasteiger partial charge in [-0.1, -0.05) is 23.7 Å². The van der Waals surface area contributed by atoms with E-state index in [1.54, 1.807) is 0 Å². The lowest BCUT2D eigenvalue weighted by Gasteiger charge is -2.24. The first-order valence-corrected chi connectivity index (χ1v) is 7.26. The average Bonchev–Trinajstić information content (AvgIpc) is 2.38. The lowest BCUT2D eigenvalue weighted by molar-refractivity contribution is -0.138. The van der Waals surface area contributed by atoms with Crippen LogP contribution in [0.25, 0.3) is 10.9 Å². The Bertz CT molecular complexity index is 671. The number of pyridine rings is 1. The molecule has 1 heterocycles. The number of aliphatic carboxylic acids is 1. The molecule has 2 aromatic rings. The van der Waals surface area contributed by atoms with Crippen molar-refractivity contribution in [3.8, 4) is 0 Å². The molecule has 0 saturated carbocycles. The summed E-state index contributed by atoms with van der Waals surface area (Å²) in [6, 6.07) is 8.13. The van der Waals surface area contributed by atoms with Gasteiger partial charge in [0.25, 0.3) is 0 Å². The molecule has 0 saturated heterocycles. The second-order valence-electron chi connectivity index (χ2n) is 5.53. The van der Waals surface area contributed by atoms with Gasteiger partial charge in [-0.2, -0.15) is 0 Å². The number of halogens is 1. The van der Waals surface area contributed by atoms with Gasteiger partial charge in [0.1, 0.15) is 5.15 Å². The maximum atomic E-state index is 10.9. The van der Waals surface area contributed by atoms with E-state index < -0.39 is 5.97 Å². The highest BCUT2D eigenvalue weighted by Gasteiger charge is 2.16. The van der Waals surface area contributed by atoms with Crippen molar-refractivity contribution in [3.63, 3.8) is 0 Å². The summed E-state index contributed by atoms with van der Waals surface area (Å²) in [5.41, 5.74) is 2.84. The van der Waals surface area contributed by atoms with Crippen molar-refractivity contribution in [1.29, 1.82) is 0 Å². The molecule has 112 valence electrons. The number of fused-ring (bicyclic) bond motifs is 1. The lowest BCUT2D eigenvalue weighted by Crippen LogP contribution is -2.35. The molecule has 0 fully saturated rings. The number of aromatic nitrogens is 1. The number of hydrogen-bond donors (Lipinski definition) is 1. The summed E-state index contributed by atoms with van der Waals surface area (Å²) in [6.07, 6.45) is 0. The van der Waals surface area contributed by atoms with Crippen LogP contribution in [-0.4, -0.2) is 33.5 Å². The summed E-state index contributed by atoms with van der Waals surface area (Å²) < 4.78 is 0. The molecule has 1 aromatic heterocycles. The van der Waals surface area contributed by atoms with Gasteiger partial charge in [0.05, 0.1) is 12.1 Å². The van der Waals surface area contributed by atoms with Gasteiger partial charge in [-0.25, -0.2) is 4.98 Å². The van der Waals surface area contributed by atoms with Crippen LogP contribution >= 0.6 is 11.6 Å². The molecule has 0 aliphatic rings. The topological polar surface area (TPSA) is 53.4 Å². The summed E-state index contributed by atoms with van der Waals surface area (Å²) in [6.45, 7) is 6.40. The third-order valence-electron chi connectivity index (χ3n) is 3.44. The molecule has 0 aliphatic carbocycles. The number of carboxylic acids is 1. The Kier molecular flexibility index (Phi) is 4.80. The zero-order chi connectivity index (χ0) is 15.6. The number of hydrogen-bond acceptors (Lipinski definition) is 3. The number of nitrogens with zero attached hydrogens (tertiary/aromatic N) is 2. The minimum Gasteiger partial charge on any atom is -0.480 e. The van der Waals surface area contributed by atoms with Crippen LogP contribution in [0, 0.1) is 6.92 Å². The summed E-state index contributed by atoms with van der Waals surface area (Å²) in [5.74, 6) is -0.843. The first-order valence-electron chi connectivity index (χ1n) is 6.88. The number of benzene rings is 1. The Labute approximate surface area is 129 Å². The fourth-order valence-electron chi connectivity index (χ4n) is 2.22. The van der Waals surface area contributed by atoms with Gasteiger partial charge in [-0.15, -0.1) is 0 Å². The van der Waals surface area contributed by atoms with E-state index in [2.05, 4.69) is 4.98 Å². The molecule has 1 N–H and O–H groups in total. The van der Waals surface area contributed by atoms with Crippen LogP contribution in [0.4, 0.5) is 0 Å². The predicted molar refractivity (Wildman–Crippen MR) is 84.7 cm³/mol. The summed E-state index contributed by atoms with van der Waals surface area (Å²) in [4.78, 5) is 17.2. The maximum Gasteiger partial charge on any atom is 0.317 e. The molecule has 0 unspecified atom stereocenters. The van der Waals surface area contributed by atoms with Gasteiger partial charge in [0.2, 0.25) is 0 Å². The van der Waals surface area contributed by atoms with Crippen molar-refractivity contribution >= 4 is 28.5 Å². The molecular weight excluding hydrogens is 288 g/mol. The molecule has 0 spiro atoms. The number of rotatable bonds is 5. The highest BCUT2D eigenvalue weighted by Crippen LogP contribution is 2.23. The second-order valence-corrected chi connectivity index (χ2v) is 5.88. The Hall–Kier alpha value is -1.65. The monoisotopic (exact) mass is 306 g/mol. The fourth-order valence-corrected chi connectivity index (χ4v) is 2.43. The summed E-state index contributed by atoms with van der Waals surface area (Å²) in [7, 11) is 0. The van der Waals surface area contributed by atoms with Crippen molar-refractivity contribution in [3.05, 3.63) is 40.5 Å². The molecule has 0 atom stereocenters. The van der Waals surface area contributed by atoms with Gasteiger partial charge in [0.15, 0.2) is 0 Å². The smallest absolute Gasteiger partial charge is 0.317 e. The molecule has 0 amide bonds. The molecular formula is C16H19ClN2O2. The van der Waals surface area contributed by atoms with E-state index in [1.165, 1.54) is 0 Å². The van der Waals surface area contributed by atoms with Crippen LogP contribution in [-0.2, 0) is 11.3 Å². The third-order valence-corrected chi connectivity index (χ3v) is 3.77. The number of carbonyl (C=O) groups is 1. The Morgan fingerprint density at radius 3 is 2.71 bits per heavy atom. The largest absolute Gasteiger partial charge is 0.480 e. The van der Waals surface area contributed by atoms with E-state index in [0.717, 1.165) is 22.0 Å². The van der Waals surface area contributed by atoms with E-state index in [1.807, 2.05) is 49.9 Å².